The highest BCUT2D eigenvalue weighted by atomic mass is 16.5. The topological polar surface area (TPSA) is 87.7 Å². The van der Waals surface area contributed by atoms with Crippen LogP contribution in [0.2, 0.25) is 0 Å². The minimum Gasteiger partial charge on any atom is -0.496 e. The third-order valence-electron chi connectivity index (χ3n) is 6.87. The first-order valence-electron chi connectivity index (χ1n) is 11.6. The smallest absolute Gasteiger partial charge is 0.258 e. The van der Waals surface area contributed by atoms with Crippen LogP contribution in [0.15, 0.2) is 48.5 Å². The molecule has 3 amide bonds. The lowest BCUT2D eigenvalue weighted by atomic mass is 9.84. The van der Waals surface area contributed by atoms with Gasteiger partial charge in [0.15, 0.2) is 0 Å². The number of nitrogens with one attached hydrogen (secondary N) is 2. The first-order chi connectivity index (χ1) is 16.0. The van der Waals surface area contributed by atoms with Crippen LogP contribution >= 0.6 is 0 Å². The number of para-hydroxylation sites is 1. The summed E-state index contributed by atoms with van der Waals surface area (Å²) < 4.78 is 5.42. The third kappa shape index (κ3) is 4.72. The molecule has 4 rings (SSSR count). The van der Waals surface area contributed by atoms with Crippen LogP contribution in [0, 0.1) is 5.92 Å². The fourth-order valence-corrected chi connectivity index (χ4v) is 5.17. The second kappa shape index (κ2) is 10.1. The lowest BCUT2D eigenvalue weighted by Crippen LogP contribution is -2.49. The molecule has 33 heavy (non-hydrogen) atoms. The molecule has 7 heteroatoms. The molecule has 1 aliphatic carbocycles. The molecule has 0 aromatic heterocycles. The molecule has 3 unspecified atom stereocenters. The molecule has 7 nitrogen and oxygen atoms in total. The van der Waals surface area contributed by atoms with Crippen LogP contribution in [0.5, 0.6) is 5.75 Å². The molecule has 2 aromatic rings. The van der Waals surface area contributed by atoms with E-state index < -0.39 is 6.04 Å². The molecule has 3 atom stereocenters. The maximum Gasteiger partial charge on any atom is 0.258 e. The standard InChI is InChI=1S/C26H31N3O4/c1-27-24(30)18-13-11-17(12-14-18)16-28-25(31)22-15-19-7-3-5-9-21(19)29(22)26(32)20-8-4-6-10-23(20)33-2/h4,6,8,10-14,19,21-22H,3,5,7,9,15-16H2,1-2H3,(H,27,30)(H,28,31). The van der Waals surface area contributed by atoms with Crippen molar-refractivity contribution in [1.29, 1.82) is 0 Å². The van der Waals surface area contributed by atoms with Gasteiger partial charge in [-0.3, -0.25) is 14.4 Å². The Morgan fingerprint density at radius 1 is 1.03 bits per heavy atom. The van der Waals surface area contributed by atoms with E-state index in [1.807, 2.05) is 29.2 Å². The van der Waals surface area contributed by atoms with Crippen molar-refractivity contribution in [2.45, 2.75) is 50.7 Å². The van der Waals surface area contributed by atoms with Crippen LogP contribution in [0.3, 0.4) is 0 Å². The molecule has 0 radical (unpaired) electrons. The van der Waals surface area contributed by atoms with Crippen LogP contribution < -0.4 is 15.4 Å². The molecule has 1 saturated heterocycles. The summed E-state index contributed by atoms with van der Waals surface area (Å²) >= 11 is 0. The van der Waals surface area contributed by atoms with Crippen LogP contribution in [0.25, 0.3) is 0 Å². The number of hydrogen-bond acceptors (Lipinski definition) is 4. The van der Waals surface area contributed by atoms with Crippen LogP contribution in [0.4, 0.5) is 0 Å². The Morgan fingerprint density at radius 3 is 2.48 bits per heavy atom. The van der Waals surface area contributed by atoms with Crippen molar-refractivity contribution in [2.24, 2.45) is 5.92 Å². The van der Waals surface area contributed by atoms with Gasteiger partial charge in [-0.25, -0.2) is 0 Å². The van der Waals surface area contributed by atoms with E-state index in [2.05, 4.69) is 10.6 Å². The molecule has 174 valence electrons. The van der Waals surface area contributed by atoms with Gasteiger partial charge >= 0.3 is 0 Å². The maximum absolute atomic E-state index is 13.6. The number of methoxy groups -OCH3 is 1. The van der Waals surface area contributed by atoms with Crippen LogP contribution in [-0.4, -0.2) is 48.9 Å². The zero-order chi connectivity index (χ0) is 23.4. The van der Waals surface area contributed by atoms with Crippen molar-refractivity contribution in [3.63, 3.8) is 0 Å². The lowest BCUT2D eigenvalue weighted by Gasteiger charge is -2.34. The van der Waals surface area contributed by atoms with E-state index in [1.54, 1.807) is 38.4 Å². The SMILES string of the molecule is CNC(=O)c1ccc(CNC(=O)C2CC3CCCCC3N2C(=O)c2ccccc2OC)cc1. The largest absolute Gasteiger partial charge is 0.496 e. The molecule has 2 fully saturated rings. The van der Waals surface area contributed by atoms with E-state index in [0.717, 1.165) is 31.2 Å². The van der Waals surface area contributed by atoms with Gasteiger partial charge in [-0.15, -0.1) is 0 Å². The summed E-state index contributed by atoms with van der Waals surface area (Å²) in [6, 6.07) is 13.9. The molecular formula is C26H31N3O4. The van der Waals surface area contributed by atoms with Gasteiger partial charge in [0, 0.05) is 25.2 Å². The number of hydrogen-bond donors (Lipinski definition) is 2. The lowest BCUT2D eigenvalue weighted by molar-refractivity contribution is -0.125. The fourth-order valence-electron chi connectivity index (χ4n) is 5.17. The van der Waals surface area contributed by atoms with Crippen LogP contribution in [-0.2, 0) is 11.3 Å². The number of fused-ring (bicyclic) bond motifs is 1. The molecule has 2 aromatic carbocycles. The highest BCUT2D eigenvalue weighted by Gasteiger charge is 2.47. The summed E-state index contributed by atoms with van der Waals surface area (Å²) in [4.78, 5) is 40.4. The molecule has 2 aliphatic rings. The first kappa shape index (κ1) is 22.8. The molecule has 2 N–H and O–H groups in total. The first-order valence-corrected chi connectivity index (χ1v) is 11.6. The van der Waals surface area contributed by atoms with E-state index in [4.69, 9.17) is 4.74 Å². The Morgan fingerprint density at radius 2 is 1.76 bits per heavy atom. The number of benzene rings is 2. The Balaban J connectivity index is 1.51. The summed E-state index contributed by atoms with van der Waals surface area (Å²) in [7, 11) is 3.15. The average Bonchev–Trinajstić information content (AvgIpc) is 3.26. The normalized spacial score (nSPS) is 21.8. The molecule has 1 aliphatic heterocycles. The van der Waals surface area contributed by atoms with Crippen molar-refractivity contribution in [3.05, 3.63) is 65.2 Å². The van der Waals surface area contributed by atoms with Crippen molar-refractivity contribution in [3.8, 4) is 5.75 Å². The highest BCUT2D eigenvalue weighted by molar-refractivity contribution is 6.00. The van der Waals surface area contributed by atoms with E-state index >= 15 is 0 Å². The van der Waals surface area contributed by atoms with E-state index in [-0.39, 0.29) is 23.8 Å². The Bertz CT molecular complexity index is 1020. The minimum absolute atomic E-state index is 0.0822. The summed E-state index contributed by atoms with van der Waals surface area (Å²) in [6.45, 7) is 0.343. The fraction of sp³-hybridized carbons (Fsp3) is 0.423. The Labute approximate surface area is 194 Å². The van der Waals surface area contributed by atoms with Gasteiger partial charge < -0.3 is 20.3 Å². The Kier molecular flexibility index (Phi) is 6.96. The second-order valence-electron chi connectivity index (χ2n) is 8.77. The number of amides is 3. The van der Waals surface area contributed by atoms with E-state index in [9.17, 15) is 14.4 Å². The monoisotopic (exact) mass is 449 g/mol. The summed E-state index contributed by atoms with van der Waals surface area (Å²) in [5.41, 5.74) is 1.96. The van der Waals surface area contributed by atoms with E-state index in [1.165, 1.54) is 0 Å². The number of nitrogens with zero attached hydrogens (tertiary/aromatic N) is 1. The van der Waals surface area contributed by atoms with Crippen molar-refractivity contribution in [1.82, 2.24) is 15.5 Å². The van der Waals surface area contributed by atoms with Gasteiger partial charge in [0.2, 0.25) is 5.91 Å². The molecule has 1 saturated carbocycles. The maximum atomic E-state index is 13.6. The van der Waals surface area contributed by atoms with Crippen molar-refractivity contribution in [2.75, 3.05) is 14.2 Å². The summed E-state index contributed by atoms with van der Waals surface area (Å²) in [5.74, 6) is 0.446. The average molecular weight is 450 g/mol. The van der Waals surface area contributed by atoms with Crippen molar-refractivity contribution < 1.29 is 19.1 Å². The summed E-state index contributed by atoms with van der Waals surface area (Å²) in [6.07, 6.45) is 4.88. The minimum atomic E-state index is -0.499. The van der Waals surface area contributed by atoms with E-state index in [0.29, 0.717) is 35.8 Å². The summed E-state index contributed by atoms with van der Waals surface area (Å²) in [5, 5.41) is 5.61. The number of likely N-dealkylation sites (tertiary alicyclic amines) is 1. The number of ether oxygens (including phenoxy) is 1. The second-order valence-corrected chi connectivity index (χ2v) is 8.77. The zero-order valence-electron chi connectivity index (χ0n) is 19.2. The third-order valence-corrected chi connectivity index (χ3v) is 6.87. The predicted molar refractivity (Wildman–Crippen MR) is 125 cm³/mol. The molecule has 1 heterocycles. The van der Waals surface area contributed by atoms with Gasteiger partial charge in [0.25, 0.3) is 11.8 Å². The molecule has 0 bridgehead atoms. The van der Waals surface area contributed by atoms with Crippen LogP contribution in [0.1, 0.15) is 58.4 Å². The zero-order valence-corrected chi connectivity index (χ0v) is 19.2. The van der Waals surface area contributed by atoms with Gasteiger partial charge in [-0.1, -0.05) is 37.1 Å². The van der Waals surface area contributed by atoms with Gasteiger partial charge in [-0.05, 0) is 55.0 Å². The Hall–Kier alpha value is -3.35. The number of rotatable bonds is 6. The van der Waals surface area contributed by atoms with Gasteiger partial charge in [-0.2, -0.15) is 0 Å². The quantitative estimate of drug-likeness (QED) is 0.709. The number of carbonyl (C=O) groups is 3. The number of carbonyl (C=O) groups excluding carboxylic acids is 3. The molecule has 0 spiro atoms. The highest BCUT2D eigenvalue weighted by Crippen LogP contribution is 2.41. The van der Waals surface area contributed by atoms with Crippen molar-refractivity contribution >= 4 is 17.7 Å². The predicted octanol–water partition coefficient (Wildman–Crippen LogP) is 3.14. The molecular weight excluding hydrogens is 418 g/mol. The van der Waals surface area contributed by atoms with Gasteiger partial charge in [0.1, 0.15) is 11.8 Å². The van der Waals surface area contributed by atoms with Gasteiger partial charge in [0.05, 0.1) is 12.7 Å².